The van der Waals surface area contributed by atoms with Gasteiger partial charge in [-0.05, 0) is 42.7 Å². The molecule has 3 aromatic rings. The number of pyridine rings is 1. The molecule has 1 aliphatic carbocycles. The first-order valence-corrected chi connectivity index (χ1v) is 14.6. The van der Waals surface area contributed by atoms with Crippen molar-refractivity contribution in [1.82, 2.24) is 14.8 Å². The average Bonchev–Trinajstić information content (AvgIpc) is 3.30. The van der Waals surface area contributed by atoms with Gasteiger partial charge in [-0.2, -0.15) is 0 Å². The van der Waals surface area contributed by atoms with Crippen LogP contribution in [0.25, 0.3) is 10.9 Å². The van der Waals surface area contributed by atoms with Crippen LogP contribution >= 0.6 is 0 Å². The number of ether oxygens (including phenoxy) is 2. The first kappa shape index (κ1) is 27.9. The van der Waals surface area contributed by atoms with Crippen LogP contribution in [0.2, 0.25) is 0 Å². The number of hydrogen-bond donors (Lipinski definition) is 0. The Kier molecular flexibility index (Phi) is 9.53. The van der Waals surface area contributed by atoms with Gasteiger partial charge in [-0.15, -0.1) is 0 Å². The minimum atomic E-state index is 0.613. The molecule has 0 N–H and O–H groups in total. The fourth-order valence-electron chi connectivity index (χ4n) is 5.73. The molecule has 3 heterocycles. The molecule has 3 aliphatic rings. The minimum absolute atomic E-state index is 0.613. The SMILES string of the molecule is CC.COc1ccccc1N1CCN(Cc2cc3c(c4ncccc24)OCN(CCC2=CC=CC=CC2)C3)CC1. The maximum absolute atomic E-state index is 6.33. The molecule has 1 saturated heterocycles. The van der Waals surface area contributed by atoms with Crippen molar-refractivity contribution in [2.45, 2.75) is 39.8 Å². The lowest BCUT2D eigenvalue weighted by Crippen LogP contribution is -2.46. The molecule has 0 unspecified atom stereocenters. The van der Waals surface area contributed by atoms with Gasteiger partial charge < -0.3 is 14.4 Å². The van der Waals surface area contributed by atoms with Crippen LogP contribution in [0.3, 0.4) is 0 Å². The highest BCUT2D eigenvalue weighted by atomic mass is 16.5. The minimum Gasteiger partial charge on any atom is -0.495 e. The van der Waals surface area contributed by atoms with Gasteiger partial charge in [0.1, 0.15) is 18.0 Å². The molecule has 0 bridgehead atoms. The van der Waals surface area contributed by atoms with E-state index in [0.717, 1.165) is 75.7 Å². The predicted octanol–water partition coefficient (Wildman–Crippen LogP) is 6.58. The van der Waals surface area contributed by atoms with Crippen molar-refractivity contribution in [1.29, 1.82) is 0 Å². The Hall–Kier alpha value is -3.61. The highest BCUT2D eigenvalue weighted by Crippen LogP contribution is 2.36. The number of piperazine rings is 1. The van der Waals surface area contributed by atoms with Gasteiger partial charge in [-0.1, -0.05) is 68.0 Å². The smallest absolute Gasteiger partial charge is 0.152 e. The monoisotopic (exact) mass is 538 g/mol. The molecule has 1 aromatic heterocycles. The summed E-state index contributed by atoms with van der Waals surface area (Å²) in [7, 11) is 1.75. The third-order valence-electron chi connectivity index (χ3n) is 7.81. The molecular formula is C34H42N4O2. The number of fused-ring (bicyclic) bond motifs is 3. The largest absolute Gasteiger partial charge is 0.495 e. The van der Waals surface area contributed by atoms with E-state index in [1.165, 1.54) is 27.8 Å². The Balaban J connectivity index is 0.00000158. The van der Waals surface area contributed by atoms with Crippen LogP contribution < -0.4 is 14.4 Å². The van der Waals surface area contributed by atoms with Crippen LogP contribution in [0.1, 0.15) is 37.8 Å². The van der Waals surface area contributed by atoms with Gasteiger partial charge in [-0.25, -0.2) is 0 Å². The Bertz CT molecular complexity index is 1370. The Morgan fingerprint density at radius 1 is 0.950 bits per heavy atom. The van der Waals surface area contributed by atoms with Gasteiger partial charge in [-0.3, -0.25) is 14.8 Å². The van der Waals surface area contributed by atoms with Crippen LogP contribution in [0.4, 0.5) is 5.69 Å². The van der Waals surface area contributed by atoms with Crippen LogP contribution in [-0.2, 0) is 13.1 Å². The summed E-state index contributed by atoms with van der Waals surface area (Å²) in [6.45, 7) is 11.4. The van der Waals surface area contributed by atoms with E-state index in [0.29, 0.717) is 6.73 Å². The highest BCUT2D eigenvalue weighted by Gasteiger charge is 2.24. The molecule has 0 atom stereocenters. The van der Waals surface area contributed by atoms with Crippen LogP contribution in [0, 0.1) is 0 Å². The van der Waals surface area contributed by atoms with Crippen molar-refractivity contribution >= 4 is 16.6 Å². The van der Waals surface area contributed by atoms with Gasteiger partial charge in [0.15, 0.2) is 5.75 Å². The van der Waals surface area contributed by atoms with Crippen molar-refractivity contribution in [2.24, 2.45) is 0 Å². The second kappa shape index (κ2) is 13.6. The Morgan fingerprint density at radius 2 is 1.80 bits per heavy atom. The Labute approximate surface area is 239 Å². The zero-order valence-electron chi connectivity index (χ0n) is 24.2. The van der Waals surface area contributed by atoms with Crippen molar-refractivity contribution < 1.29 is 9.47 Å². The van der Waals surface area contributed by atoms with E-state index in [4.69, 9.17) is 14.5 Å². The van der Waals surface area contributed by atoms with Gasteiger partial charge in [0, 0.05) is 63.0 Å². The molecule has 0 radical (unpaired) electrons. The summed E-state index contributed by atoms with van der Waals surface area (Å²) in [5.41, 5.74) is 6.23. The number of benzene rings is 2. The summed E-state index contributed by atoms with van der Waals surface area (Å²) < 4.78 is 11.9. The average molecular weight is 539 g/mol. The van der Waals surface area contributed by atoms with E-state index < -0.39 is 0 Å². The zero-order chi connectivity index (χ0) is 27.7. The number of methoxy groups -OCH3 is 1. The third-order valence-corrected chi connectivity index (χ3v) is 7.81. The second-order valence-corrected chi connectivity index (χ2v) is 10.3. The number of para-hydroxylation sites is 2. The summed E-state index contributed by atoms with van der Waals surface area (Å²) in [6, 6.07) is 14.9. The maximum atomic E-state index is 6.33. The molecule has 6 heteroatoms. The molecule has 0 amide bonds. The normalized spacial score (nSPS) is 17.4. The summed E-state index contributed by atoms with van der Waals surface area (Å²) in [5, 5.41) is 1.20. The third kappa shape index (κ3) is 6.40. The molecule has 6 rings (SSSR count). The molecule has 40 heavy (non-hydrogen) atoms. The van der Waals surface area contributed by atoms with Gasteiger partial charge >= 0.3 is 0 Å². The molecular weight excluding hydrogens is 496 g/mol. The number of rotatable bonds is 7. The van der Waals surface area contributed by atoms with Crippen molar-refractivity contribution in [3.05, 3.63) is 95.7 Å². The van der Waals surface area contributed by atoms with E-state index in [1.54, 1.807) is 7.11 Å². The van der Waals surface area contributed by atoms with Gasteiger partial charge in [0.2, 0.25) is 0 Å². The quantitative estimate of drug-likeness (QED) is 0.339. The predicted molar refractivity (Wildman–Crippen MR) is 165 cm³/mol. The molecule has 0 saturated carbocycles. The summed E-state index contributed by atoms with van der Waals surface area (Å²) in [4.78, 5) is 12.2. The van der Waals surface area contributed by atoms with Crippen molar-refractivity contribution in [2.75, 3.05) is 51.5 Å². The lowest BCUT2D eigenvalue weighted by molar-refractivity contribution is 0.0978. The fraction of sp³-hybridized carbons (Fsp3) is 0.382. The lowest BCUT2D eigenvalue weighted by Gasteiger charge is -2.37. The van der Waals surface area contributed by atoms with E-state index in [2.05, 4.69) is 69.3 Å². The zero-order valence-corrected chi connectivity index (χ0v) is 24.2. The number of aromatic nitrogens is 1. The van der Waals surface area contributed by atoms with E-state index in [1.807, 2.05) is 38.2 Å². The van der Waals surface area contributed by atoms with E-state index in [9.17, 15) is 0 Å². The van der Waals surface area contributed by atoms with Gasteiger partial charge in [0.25, 0.3) is 0 Å². The molecule has 2 aliphatic heterocycles. The van der Waals surface area contributed by atoms with Crippen LogP contribution in [0.5, 0.6) is 11.5 Å². The Morgan fingerprint density at radius 3 is 2.65 bits per heavy atom. The van der Waals surface area contributed by atoms with Crippen molar-refractivity contribution in [3.8, 4) is 11.5 Å². The summed E-state index contributed by atoms with van der Waals surface area (Å²) in [6.07, 6.45) is 14.8. The van der Waals surface area contributed by atoms with Gasteiger partial charge in [0.05, 0.1) is 12.8 Å². The van der Waals surface area contributed by atoms with Crippen molar-refractivity contribution in [3.63, 3.8) is 0 Å². The van der Waals surface area contributed by atoms with Crippen LogP contribution in [0.15, 0.2) is 84.6 Å². The molecule has 210 valence electrons. The highest BCUT2D eigenvalue weighted by molar-refractivity contribution is 5.89. The fourth-order valence-corrected chi connectivity index (χ4v) is 5.73. The number of allylic oxidation sites excluding steroid dienone is 5. The summed E-state index contributed by atoms with van der Waals surface area (Å²) >= 11 is 0. The number of nitrogens with zero attached hydrogens (tertiary/aromatic N) is 4. The number of hydrogen-bond acceptors (Lipinski definition) is 6. The van der Waals surface area contributed by atoms with E-state index >= 15 is 0 Å². The number of anilines is 1. The summed E-state index contributed by atoms with van der Waals surface area (Å²) in [5.74, 6) is 1.90. The second-order valence-electron chi connectivity index (χ2n) is 10.3. The molecule has 1 fully saturated rings. The van der Waals surface area contributed by atoms with E-state index in [-0.39, 0.29) is 0 Å². The van der Waals surface area contributed by atoms with Crippen LogP contribution in [-0.4, -0.2) is 61.3 Å². The lowest BCUT2D eigenvalue weighted by atomic mass is 10.0. The molecule has 6 nitrogen and oxygen atoms in total. The molecule has 0 spiro atoms. The standard InChI is InChI=1S/C32H36N4O2.C2H6/c1-37-30-13-7-6-12-29(30)36-19-17-34(18-20-36)22-26-21-27-23-35(16-14-25-9-4-2-3-5-10-25)24-38-32(27)31-28(26)11-8-15-33-31;1-2/h2-9,11-13,15,21H,10,14,16-20,22-24H2,1H3;1-2H3. The maximum Gasteiger partial charge on any atom is 0.152 e. The topological polar surface area (TPSA) is 41.1 Å². The first-order chi connectivity index (χ1) is 19.8. The molecule has 2 aromatic carbocycles. The first-order valence-electron chi connectivity index (χ1n) is 14.6.